The molecule has 0 heterocycles. The summed E-state index contributed by atoms with van der Waals surface area (Å²) in [5.74, 6) is -2.56. The van der Waals surface area contributed by atoms with E-state index in [0.717, 1.165) is 12.1 Å². The Kier molecular flexibility index (Phi) is 3.63. The van der Waals surface area contributed by atoms with Crippen LogP contribution in [0.1, 0.15) is 10.4 Å². The zero-order chi connectivity index (χ0) is 8.43. The molecule has 0 saturated heterocycles. The maximum atomic E-state index is 12.6. The Bertz CT molecular complexity index is 303. The van der Waals surface area contributed by atoms with Gasteiger partial charge in [0.15, 0.2) is 0 Å². The number of rotatable bonds is 1. The molecule has 12 heavy (non-hydrogen) atoms. The molecular formula is C7H6ClF2NO. The summed E-state index contributed by atoms with van der Waals surface area (Å²) in [6, 6.07) is 2.59. The third-order valence-corrected chi connectivity index (χ3v) is 1.20. The average molecular weight is 194 g/mol. The number of nitrogens with two attached hydrogens (primary N) is 1. The van der Waals surface area contributed by atoms with Crippen LogP contribution in [0, 0.1) is 11.6 Å². The van der Waals surface area contributed by atoms with Crippen molar-refractivity contribution in [1.29, 1.82) is 0 Å². The highest BCUT2D eigenvalue weighted by atomic mass is 35.5. The van der Waals surface area contributed by atoms with E-state index in [0.29, 0.717) is 6.07 Å². The Hall–Kier alpha value is -1.16. The first kappa shape index (κ1) is 10.8. The fourth-order valence-corrected chi connectivity index (χ4v) is 0.689. The van der Waals surface area contributed by atoms with Crippen LogP contribution in [0.15, 0.2) is 18.2 Å². The zero-order valence-electron chi connectivity index (χ0n) is 5.88. The van der Waals surface area contributed by atoms with Gasteiger partial charge in [-0.25, -0.2) is 8.78 Å². The van der Waals surface area contributed by atoms with E-state index >= 15 is 0 Å². The fraction of sp³-hybridized carbons (Fsp3) is 0. The van der Waals surface area contributed by atoms with Gasteiger partial charge in [0.1, 0.15) is 11.6 Å². The molecule has 1 aromatic carbocycles. The quantitative estimate of drug-likeness (QED) is 0.722. The molecule has 1 aromatic rings. The minimum absolute atomic E-state index is 0. The van der Waals surface area contributed by atoms with Crippen molar-refractivity contribution in [2.24, 2.45) is 5.73 Å². The molecule has 0 fully saturated rings. The first-order valence-corrected chi connectivity index (χ1v) is 2.86. The van der Waals surface area contributed by atoms with E-state index in [2.05, 4.69) is 0 Å². The van der Waals surface area contributed by atoms with Crippen molar-refractivity contribution in [2.75, 3.05) is 0 Å². The highest BCUT2D eigenvalue weighted by molar-refractivity contribution is 5.92. The van der Waals surface area contributed by atoms with Crippen molar-refractivity contribution in [3.63, 3.8) is 0 Å². The molecule has 0 aromatic heterocycles. The molecule has 2 nitrogen and oxygen atoms in total. The zero-order valence-corrected chi connectivity index (χ0v) is 6.70. The van der Waals surface area contributed by atoms with Crippen LogP contribution in [0.5, 0.6) is 0 Å². The molecule has 5 heteroatoms. The number of primary amides is 1. The van der Waals surface area contributed by atoms with Crippen LogP contribution in [0.4, 0.5) is 8.78 Å². The number of halogens is 3. The Morgan fingerprint density at radius 2 is 1.92 bits per heavy atom. The van der Waals surface area contributed by atoms with Gasteiger partial charge in [-0.1, -0.05) is 0 Å². The molecule has 2 N–H and O–H groups in total. The van der Waals surface area contributed by atoms with E-state index in [1.807, 2.05) is 0 Å². The van der Waals surface area contributed by atoms with Crippen molar-refractivity contribution in [1.82, 2.24) is 0 Å². The van der Waals surface area contributed by atoms with Crippen LogP contribution in [-0.4, -0.2) is 5.91 Å². The number of carbonyl (C=O) groups is 1. The summed E-state index contributed by atoms with van der Waals surface area (Å²) in [6.07, 6.45) is 0. The number of carbonyl (C=O) groups excluding carboxylic acids is 1. The van der Waals surface area contributed by atoms with E-state index < -0.39 is 17.5 Å². The molecule has 0 unspecified atom stereocenters. The lowest BCUT2D eigenvalue weighted by atomic mass is 10.2. The molecular weight excluding hydrogens is 188 g/mol. The van der Waals surface area contributed by atoms with Gasteiger partial charge in [0.05, 0.1) is 5.56 Å². The summed E-state index contributed by atoms with van der Waals surface area (Å²) >= 11 is 0. The standard InChI is InChI=1S/C7H5F2NO.ClH/c8-4-1-2-5(7(10)11)6(9)3-4;/h1-3H,(H2,10,11);1H. The van der Waals surface area contributed by atoms with E-state index in [9.17, 15) is 13.6 Å². The van der Waals surface area contributed by atoms with Gasteiger partial charge in [-0.3, -0.25) is 4.79 Å². The van der Waals surface area contributed by atoms with Crippen molar-refractivity contribution in [3.05, 3.63) is 35.4 Å². The molecule has 0 aliphatic rings. The molecule has 0 saturated carbocycles. The van der Waals surface area contributed by atoms with Crippen LogP contribution in [0.2, 0.25) is 0 Å². The van der Waals surface area contributed by atoms with Crippen molar-refractivity contribution in [3.8, 4) is 0 Å². The Labute approximate surface area is 73.8 Å². The normalized spacial score (nSPS) is 8.83. The topological polar surface area (TPSA) is 43.1 Å². The molecule has 0 bridgehead atoms. The second-order valence-corrected chi connectivity index (χ2v) is 1.99. The van der Waals surface area contributed by atoms with Gasteiger partial charge < -0.3 is 5.73 Å². The van der Waals surface area contributed by atoms with Crippen LogP contribution in [-0.2, 0) is 0 Å². The highest BCUT2D eigenvalue weighted by Gasteiger charge is 2.07. The third kappa shape index (κ3) is 2.17. The summed E-state index contributed by atoms with van der Waals surface area (Å²) in [6.45, 7) is 0. The first-order chi connectivity index (χ1) is 5.11. The first-order valence-electron chi connectivity index (χ1n) is 2.86. The van der Waals surface area contributed by atoms with E-state index in [4.69, 9.17) is 5.73 Å². The molecule has 0 aliphatic carbocycles. The van der Waals surface area contributed by atoms with E-state index in [1.54, 1.807) is 0 Å². The number of amides is 1. The molecule has 66 valence electrons. The molecule has 0 atom stereocenters. The summed E-state index contributed by atoms with van der Waals surface area (Å²) in [4.78, 5) is 10.4. The smallest absolute Gasteiger partial charge is 0.251 e. The average Bonchev–Trinajstić information content (AvgIpc) is 1.85. The second kappa shape index (κ2) is 4.01. The summed E-state index contributed by atoms with van der Waals surface area (Å²) in [7, 11) is 0. The van der Waals surface area contributed by atoms with Crippen molar-refractivity contribution in [2.45, 2.75) is 0 Å². The molecule has 1 rings (SSSR count). The Morgan fingerprint density at radius 3 is 2.33 bits per heavy atom. The molecule has 0 spiro atoms. The van der Waals surface area contributed by atoms with Crippen LogP contribution >= 0.6 is 12.4 Å². The number of hydrogen-bond acceptors (Lipinski definition) is 1. The molecule has 0 radical (unpaired) electrons. The number of hydrogen-bond donors (Lipinski definition) is 1. The lowest BCUT2D eigenvalue weighted by molar-refractivity contribution is 0.0996. The fourth-order valence-electron chi connectivity index (χ4n) is 0.689. The van der Waals surface area contributed by atoms with Crippen LogP contribution < -0.4 is 5.73 Å². The predicted molar refractivity (Wildman–Crippen MR) is 42.1 cm³/mol. The van der Waals surface area contributed by atoms with E-state index in [1.165, 1.54) is 0 Å². The van der Waals surface area contributed by atoms with Gasteiger partial charge in [0, 0.05) is 6.07 Å². The van der Waals surface area contributed by atoms with Gasteiger partial charge >= 0.3 is 0 Å². The largest absolute Gasteiger partial charge is 0.366 e. The maximum absolute atomic E-state index is 12.6. The Morgan fingerprint density at radius 1 is 1.33 bits per heavy atom. The van der Waals surface area contributed by atoms with Gasteiger partial charge in [0.2, 0.25) is 0 Å². The summed E-state index contributed by atoms with van der Waals surface area (Å²) in [5.41, 5.74) is 4.46. The maximum Gasteiger partial charge on any atom is 0.251 e. The molecule has 0 aliphatic heterocycles. The van der Waals surface area contributed by atoms with Crippen molar-refractivity contribution >= 4 is 18.3 Å². The monoisotopic (exact) mass is 193 g/mol. The lowest BCUT2D eigenvalue weighted by Crippen LogP contribution is -2.12. The summed E-state index contributed by atoms with van der Waals surface area (Å²) < 4.78 is 24.8. The molecule has 1 amide bonds. The number of benzene rings is 1. The van der Waals surface area contributed by atoms with Gasteiger partial charge in [-0.05, 0) is 12.1 Å². The van der Waals surface area contributed by atoms with E-state index in [-0.39, 0.29) is 18.0 Å². The van der Waals surface area contributed by atoms with Crippen molar-refractivity contribution < 1.29 is 13.6 Å². The highest BCUT2D eigenvalue weighted by Crippen LogP contribution is 2.07. The summed E-state index contributed by atoms with van der Waals surface area (Å²) in [5, 5.41) is 0. The third-order valence-electron chi connectivity index (χ3n) is 1.20. The van der Waals surface area contributed by atoms with Gasteiger partial charge in [-0.2, -0.15) is 0 Å². The minimum Gasteiger partial charge on any atom is -0.366 e. The van der Waals surface area contributed by atoms with Gasteiger partial charge in [-0.15, -0.1) is 12.4 Å². The van der Waals surface area contributed by atoms with Crippen LogP contribution in [0.25, 0.3) is 0 Å². The van der Waals surface area contributed by atoms with Gasteiger partial charge in [0.25, 0.3) is 5.91 Å². The second-order valence-electron chi connectivity index (χ2n) is 1.99. The lowest BCUT2D eigenvalue weighted by Gasteiger charge is -1.95. The Balaban J connectivity index is 0.00000121. The SMILES string of the molecule is Cl.NC(=O)c1ccc(F)cc1F. The van der Waals surface area contributed by atoms with Crippen LogP contribution in [0.3, 0.4) is 0 Å². The minimum atomic E-state index is -0.933. The predicted octanol–water partition coefficient (Wildman–Crippen LogP) is 1.49.